The lowest BCUT2D eigenvalue weighted by atomic mass is 9.88. The van der Waals surface area contributed by atoms with Gasteiger partial charge < -0.3 is 10.0 Å². The minimum atomic E-state index is -0.951. The first-order chi connectivity index (χ1) is 15.7. The summed E-state index contributed by atoms with van der Waals surface area (Å²) in [6.07, 6.45) is 5.11. The molecule has 176 valence electrons. The van der Waals surface area contributed by atoms with Gasteiger partial charge in [0.05, 0.1) is 12.1 Å². The number of rotatable bonds is 8. The van der Waals surface area contributed by atoms with E-state index in [1.807, 2.05) is 16.3 Å². The van der Waals surface area contributed by atoms with Crippen molar-refractivity contribution in [2.75, 3.05) is 25.0 Å². The molecular formula is C27H34N2O3S. The number of aromatic carboxylic acids is 1. The molecule has 2 aromatic rings. The first-order valence-corrected chi connectivity index (χ1v) is 12.6. The number of carboxylic acid groups (broad SMARTS) is 1. The predicted molar refractivity (Wildman–Crippen MR) is 134 cm³/mol. The highest BCUT2D eigenvalue weighted by atomic mass is 32.2. The van der Waals surface area contributed by atoms with Gasteiger partial charge in [-0.15, -0.1) is 0 Å². The normalized spacial score (nSPS) is 21.5. The molecule has 2 aliphatic rings. The summed E-state index contributed by atoms with van der Waals surface area (Å²) in [7, 11) is 1.96. The number of carbonyl (C=O) groups excluding carboxylic acids is 1. The van der Waals surface area contributed by atoms with Gasteiger partial charge in [-0.05, 0) is 112 Å². The van der Waals surface area contributed by atoms with E-state index in [-0.39, 0.29) is 11.5 Å². The lowest BCUT2D eigenvalue weighted by molar-refractivity contribution is -0.118. The van der Waals surface area contributed by atoms with Gasteiger partial charge in [-0.3, -0.25) is 4.79 Å². The van der Waals surface area contributed by atoms with Gasteiger partial charge in [-0.2, -0.15) is 0 Å². The summed E-state index contributed by atoms with van der Waals surface area (Å²) in [4.78, 5) is 27.9. The Morgan fingerprint density at radius 1 is 1.03 bits per heavy atom. The van der Waals surface area contributed by atoms with Crippen LogP contribution >= 0.6 is 11.9 Å². The van der Waals surface area contributed by atoms with E-state index < -0.39 is 5.97 Å². The van der Waals surface area contributed by atoms with E-state index in [0.29, 0.717) is 24.9 Å². The van der Waals surface area contributed by atoms with Gasteiger partial charge in [-0.25, -0.2) is 9.10 Å². The van der Waals surface area contributed by atoms with Gasteiger partial charge in [0.15, 0.2) is 0 Å². The van der Waals surface area contributed by atoms with Gasteiger partial charge in [0, 0.05) is 17.1 Å². The van der Waals surface area contributed by atoms with Crippen LogP contribution in [-0.2, 0) is 4.79 Å². The third-order valence-corrected chi connectivity index (χ3v) is 8.51. The quantitative estimate of drug-likeness (QED) is 0.504. The van der Waals surface area contributed by atoms with Crippen molar-refractivity contribution in [2.24, 2.45) is 17.8 Å². The molecule has 4 rings (SSSR count). The summed E-state index contributed by atoms with van der Waals surface area (Å²) in [5.41, 5.74) is 4.72. The van der Waals surface area contributed by atoms with Gasteiger partial charge in [0.2, 0.25) is 5.91 Å². The molecule has 2 aromatic carbocycles. The molecule has 6 heteroatoms. The fourth-order valence-electron chi connectivity index (χ4n) is 5.74. The van der Waals surface area contributed by atoms with Crippen molar-refractivity contribution < 1.29 is 14.7 Å². The second kappa shape index (κ2) is 9.90. The zero-order valence-electron chi connectivity index (χ0n) is 20.0. The summed E-state index contributed by atoms with van der Waals surface area (Å²) >= 11 is 1.62. The molecule has 1 amide bonds. The average molecular weight is 467 g/mol. The Hall–Kier alpha value is -2.31. The minimum absolute atomic E-state index is 0.0540. The molecule has 0 heterocycles. The summed E-state index contributed by atoms with van der Waals surface area (Å²) in [5.74, 6) is 1.17. The van der Waals surface area contributed by atoms with E-state index in [0.717, 1.165) is 11.6 Å². The zero-order chi connectivity index (χ0) is 23.7. The van der Waals surface area contributed by atoms with Crippen LogP contribution in [0.2, 0.25) is 0 Å². The molecule has 0 aliphatic heterocycles. The largest absolute Gasteiger partial charge is 0.478 e. The maximum Gasteiger partial charge on any atom is 0.335 e. The van der Waals surface area contributed by atoms with Crippen LogP contribution in [0.25, 0.3) is 0 Å². The second-order valence-electron chi connectivity index (χ2n) is 9.90. The Balaban J connectivity index is 1.50. The molecule has 0 aromatic heterocycles. The van der Waals surface area contributed by atoms with Gasteiger partial charge in [-0.1, -0.05) is 24.1 Å². The number of nitrogens with zero attached hydrogens (tertiary/aromatic N) is 2. The average Bonchev–Trinajstić information content (AvgIpc) is 3.38. The highest BCUT2D eigenvalue weighted by molar-refractivity contribution is 7.97. The van der Waals surface area contributed by atoms with Crippen LogP contribution in [-0.4, -0.2) is 41.4 Å². The van der Waals surface area contributed by atoms with Crippen molar-refractivity contribution in [2.45, 2.75) is 51.3 Å². The van der Waals surface area contributed by atoms with E-state index in [4.69, 9.17) is 0 Å². The van der Waals surface area contributed by atoms with Crippen molar-refractivity contribution in [3.8, 4) is 0 Å². The van der Waals surface area contributed by atoms with Crippen LogP contribution < -0.4 is 4.90 Å². The maximum atomic E-state index is 13.5. The van der Waals surface area contributed by atoms with Crippen molar-refractivity contribution in [1.29, 1.82) is 0 Å². The minimum Gasteiger partial charge on any atom is -0.478 e. The molecule has 1 N–H and O–H groups in total. The predicted octanol–water partition coefficient (Wildman–Crippen LogP) is 5.72. The SMILES string of the molecule is Cc1cc(C)c(SN(C)CC(=O)N(CC2CC3CCC2C3)c2ccc(C(=O)O)cc2)c(C)c1. The van der Waals surface area contributed by atoms with Crippen molar-refractivity contribution in [1.82, 2.24) is 4.31 Å². The van der Waals surface area contributed by atoms with Crippen LogP contribution in [0.1, 0.15) is 52.7 Å². The standard InChI is InChI=1S/C27H34N2O3S/c1-17-11-18(2)26(19(3)12-17)33-28(4)16-25(30)29(15-23-14-20-5-6-22(23)13-20)24-9-7-21(8-10-24)27(31)32/h7-12,20,22-23H,5-6,13-16H2,1-4H3,(H,31,32). The molecule has 2 aliphatic carbocycles. The number of carbonyl (C=O) groups is 2. The number of likely N-dealkylation sites (N-methyl/N-ethyl adjacent to an activating group) is 1. The molecule has 0 radical (unpaired) electrons. The van der Waals surface area contributed by atoms with Crippen LogP contribution in [0.5, 0.6) is 0 Å². The first-order valence-electron chi connectivity index (χ1n) is 11.8. The Morgan fingerprint density at radius 3 is 2.24 bits per heavy atom. The number of hydrogen-bond acceptors (Lipinski definition) is 4. The number of fused-ring (bicyclic) bond motifs is 2. The first kappa shape index (κ1) is 23.8. The third-order valence-electron chi connectivity index (χ3n) is 7.24. The number of aryl methyl sites for hydroxylation is 3. The molecule has 3 unspecified atom stereocenters. The summed E-state index contributed by atoms with van der Waals surface area (Å²) in [6.45, 7) is 7.34. The van der Waals surface area contributed by atoms with Crippen molar-refractivity contribution in [3.63, 3.8) is 0 Å². The Bertz CT molecular complexity index is 1010. The lowest BCUT2D eigenvalue weighted by Crippen LogP contribution is -2.41. The number of hydrogen-bond donors (Lipinski definition) is 1. The van der Waals surface area contributed by atoms with E-state index in [2.05, 4.69) is 32.9 Å². The molecule has 2 saturated carbocycles. The Labute approximate surface area is 201 Å². The molecule has 2 bridgehead atoms. The number of benzene rings is 2. The summed E-state index contributed by atoms with van der Waals surface area (Å²) in [6, 6.07) is 11.1. The molecule has 0 spiro atoms. The highest BCUT2D eigenvalue weighted by Crippen LogP contribution is 2.48. The molecular weight excluding hydrogens is 432 g/mol. The molecule has 3 atom stereocenters. The summed E-state index contributed by atoms with van der Waals surface area (Å²) in [5, 5.41) is 9.26. The van der Waals surface area contributed by atoms with Crippen LogP contribution in [0.15, 0.2) is 41.3 Å². The zero-order valence-corrected chi connectivity index (χ0v) is 20.8. The molecule has 2 fully saturated rings. The monoisotopic (exact) mass is 466 g/mol. The smallest absolute Gasteiger partial charge is 0.335 e. The maximum absolute atomic E-state index is 13.5. The van der Waals surface area contributed by atoms with Gasteiger partial charge in [0.25, 0.3) is 0 Å². The lowest BCUT2D eigenvalue weighted by Gasteiger charge is -2.31. The van der Waals surface area contributed by atoms with E-state index in [1.54, 1.807) is 36.2 Å². The second-order valence-corrected chi connectivity index (χ2v) is 11.1. The number of anilines is 1. The van der Waals surface area contributed by atoms with Crippen LogP contribution in [0, 0.1) is 38.5 Å². The Kier molecular flexibility index (Phi) is 7.15. The number of amides is 1. The molecule has 0 saturated heterocycles. The van der Waals surface area contributed by atoms with Gasteiger partial charge in [0.1, 0.15) is 0 Å². The highest BCUT2D eigenvalue weighted by Gasteiger charge is 2.40. The van der Waals surface area contributed by atoms with Crippen molar-refractivity contribution in [3.05, 3.63) is 58.7 Å². The summed E-state index contributed by atoms with van der Waals surface area (Å²) < 4.78 is 2.01. The third kappa shape index (κ3) is 5.44. The van der Waals surface area contributed by atoms with Crippen molar-refractivity contribution >= 4 is 29.5 Å². The van der Waals surface area contributed by atoms with Crippen LogP contribution in [0.4, 0.5) is 5.69 Å². The fourth-order valence-corrected chi connectivity index (χ4v) is 6.64. The van der Waals surface area contributed by atoms with E-state index >= 15 is 0 Å². The fraction of sp³-hybridized carbons (Fsp3) is 0.481. The Morgan fingerprint density at radius 2 is 1.70 bits per heavy atom. The number of carboxylic acids is 1. The molecule has 33 heavy (non-hydrogen) atoms. The molecule has 5 nitrogen and oxygen atoms in total. The van der Waals surface area contributed by atoms with E-state index in [9.17, 15) is 14.7 Å². The topological polar surface area (TPSA) is 60.9 Å². The van der Waals surface area contributed by atoms with E-state index in [1.165, 1.54) is 47.3 Å². The van der Waals surface area contributed by atoms with Crippen LogP contribution in [0.3, 0.4) is 0 Å². The van der Waals surface area contributed by atoms with Gasteiger partial charge >= 0.3 is 5.97 Å².